The Kier molecular flexibility index (Phi) is 3.96. The zero-order chi connectivity index (χ0) is 11.4. The number of thiophene rings is 1. The zero-order valence-electron chi connectivity index (χ0n) is 9.52. The number of hydrogen-bond donors (Lipinski definition) is 0. The number of hydrogen-bond acceptors (Lipinski definition) is 4. The highest BCUT2D eigenvalue weighted by Crippen LogP contribution is 2.24. The first-order valence-corrected chi connectivity index (χ1v) is 6.61. The third kappa shape index (κ3) is 2.62. The number of aldehydes is 1. The predicted octanol–water partition coefficient (Wildman–Crippen LogP) is 2.57. The molecule has 3 nitrogen and oxygen atoms in total. The molecule has 0 spiro atoms. The largest absolute Gasteiger partial charge is 0.376 e. The highest BCUT2D eigenvalue weighted by molar-refractivity contribution is 7.12. The molecule has 1 fully saturated rings. The summed E-state index contributed by atoms with van der Waals surface area (Å²) in [6.45, 7) is 4.92. The molecule has 1 saturated heterocycles. The molecule has 88 valence electrons. The van der Waals surface area contributed by atoms with Crippen molar-refractivity contribution in [1.82, 2.24) is 0 Å². The third-order valence-electron chi connectivity index (χ3n) is 2.92. The molecule has 1 unspecified atom stereocenters. The van der Waals surface area contributed by atoms with E-state index in [9.17, 15) is 4.79 Å². The van der Waals surface area contributed by atoms with Crippen molar-refractivity contribution in [2.75, 3.05) is 24.6 Å². The fourth-order valence-corrected chi connectivity index (χ4v) is 2.74. The van der Waals surface area contributed by atoms with Crippen LogP contribution in [0.1, 0.15) is 29.4 Å². The molecule has 1 aromatic heterocycles. The molecule has 0 amide bonds. The van der Waals surface area contributed by atoms with Crippen LogP contribution in [0.15, 0.2) is 11.4 Å². The van der Waals surface area contributed by atoms with Gasteiger partial charge in [-0.2, -0.15) is 0 Å². The lowest BCUT2D eigenvalue weighted by molar-refractivity contribution is 0.112. The van der Waals surface area contributed by atoms with Crippen molar-refractivity contribution in [3.8, 4) is 0 Å². The number of likely N-dealkylation sites (N-methyl/N-ethyl adjacent to an activating group) is 1. The molecule has 1 aliphatic heterocycles. The van der Waals surface area contributed by atoms with Crippen LogP contribution in [0.4, 0.5) is 5.69 Å². The third-order valence-corrected chi connectivity index (χ3v) is 3.76. The van der Waals surface area contributed by atoms with E-state index in [0.717, 1.165) is 43.0 Å². The van der Waals surface area contributed by atoms with E-state index >= 15 is 0 Å². The Bertz CT molecular complexity index is 345. The van der Waals surface area contributed by atoms with Gasteiger partial charge in [-0.15, -0.1) is 11.3 Å². The first-order valence-electron chi connectivity index (χ1n) is 5.73. The van der Waals surface area contributed by atoms with Crippen LogP contribution in [0.2, 0.25) is 0 Å². The second-order valence-corrected chi connectivity index (χ2v) is 4.94. The molecule has 0 aliphatic carbocycles. The van der Waals surface area contributed by atoms with Gasteiger partial charge in [0.1, 0.15) is 0 Å². The molecule has 0 N–H and O–H groups in total. The maximum absolute atomic E-state index is 10.6. The summed E-state index contributed by atoms with van der Waals surface area (Å²) in [6.07, 6.45) is 3.60. The van der Waals surface area contributed by atoms with Crippen LogP contribution in [0, 0.1) is 0 Å². The Morgan fingerprint density at radius 1 is 1.69 bits per heavy atom. The lowest BCUT2D eigenvalue weighted by Crippen LogP contribution is -2.31. The average molecular weight is 239 g/mol. The zero-order valence-corrected chi connectivity index (χ0v) is 10.3. The molecular formula is C12H17NO2S. The molecule has 2 heterocycles. The minimum Gasteiger partial charge on any atom is -0.376 e. The molecule has 0 radical (unpaired) electrons. The van der Waals surface area contributed by atoms with Crippen LogP contribution in [0.5, 0.6) is 0 Å². The molecule has 4 heteroatoms. The van der Waals surface area contributed by atoms with E-state index < -0.39 is 0 Å². The second-order valence-electron chi connectivity index (χ2n) is 4.00. The highest BCUT2D eigenvalue weighted by atomic mass is 32.1. The Morgan fingerprint density at radius 2 is 2.56 bits per heavy atom. The SMILES string of the molecule is CCN(CC1CCCO1)c1csc(C=O)c1. The molecule has 1 aliphatic rings. The van der Waals surface area contributed by atoms with Crippen molar-refractivity contribution in [3.05, 3.63) is 16.3 Å². The van der Waals surface area contributed by atoms with Crippen LogP contribution >= 0.6 is 11.3 Å². The van der Waals surface area contributed by atoms with Gasteiger partial charge in [0, 0.05) is 30.8 Å². The monoisotopic (exact) mass is 239 g/mol. The quantitative estimate of drug-likeness (QED) is 0.740. The van der Waals surface area contributed by atoms with Gasteiger partial charge >= 0.3 is 0 Å². The lowest BCUT2D eigenvalue weighted by Gasteiger charge is -2.24. The van der Waals surface area contributed by atoms with Gasteiger partial charge in [-0.1, -0.05) is 0 Å². The Labute approximate surface area is 100 Å². The number of ether oxygens (including phenoxy) is 1. The lowest BCUT2D eigenvalue weighted by atomic mass is 10.2. The summed E-state index contributed by atoms with van der Waals surface area (Å²) in [5.41, 5.74) is 1.14. The van der Waals surface area contributed by atoms with Crippen molar-refractivity contribution in [3.63, 3.8) is 0 Å². The highest BCUT2D eigenvalue weighted by Gasteiger charge is 2.19. The minimum absolute atomic E-state index is 0.361. The Hall–Kier alpha value is -0.870. The molecule has 1 atom stereocenters. The first-order chi connectivity index (χ1) is 7.83. The van der Waals surface area contributed by atoms with Crippen LogP contribution in [0.3, 0.4) is 0 Å². The standard InChI is InChI=1S/C12H17NO2S/c1-2-13(7-11-4-3-5-15-11)10-6-12(8-14)16-9-10/h6,8-9,11H,2-5,7H2,1H3. The number of nitrogens with zero attached hydrogens (tertiary/aromatic N) is 1. The fourth-order valence-electron chi connectivity index (χ4n) is 2.02. The number of carbonyl (C=O) groups excluding carboxylic acids is 1. The number of rotatable bonds is 5. The van der Waals surface area contributed by atoms with E-state index in [1.54, 1.807) is 0 Å². The van der Waals surface area contributed by atoms with Crippen LogP contribution in [-0.2, 0) is 4.74 Å². The molecule has 1 aromatic rings. The Balaban J connectivity index is 2.00. The summed E-state index contributed by atoms with van der Waals surface area (Å²) in [5, 5.41) is 2.04. The minimum atomic E-state index is 0.361. The smallest absolute Gasteiger partial charge is 0.160 e. The van der Waals surface area contributed by atoms with Gasteiger partial charge in [0.2, 0.25) is 0 Å². The van der Waals surface area contributed by atoms with Gasteiger partial charge < -0.3 is 9.64 Å². The summed E-state index contributed by atoms with van der Waals surface area (Å²) >= 11 is 1.50. The van der Waals surface area contributed by atoms with Crippen molar-refractivity contribution < 1.29 is 9.53 Å². The molecule has 16 heavy (non-hydrogen) atoms. The van der Waals surface area contributed by atoms with E-state index in [1.807, 2.05) is 11.4 Å². The van der Waals surface area contributed by atoms with Crippen molar-refractivity contribution in [2.24, 2.45) is 0 Å². The van der Waals surface area contributed by atoms with Gasteiger partial charge in [0.05, 0.1) is 11.0 Å². The van der Waals surface area contributed by atoms with E-state index in [1.165, 1.54) is 17.8 Å². The summed E-state index contributed by atoms with van der Waals surface area (Å²) < 4.78 is 5.63. The first kappa shape index (κ1) is 11.6. The molecule has 0 aromatic carbocycles. The summed E-state index contributed by atoms with van der Waals surface area (Å²) in [7, 11) is 0. The second kappa shape index (κ2) is 5.46. The summed E-state index contributed by atoms with van der Waals surface area (Å²) in [4.78, 5) is 13.7. The van der Waals surface area contributed by atoms with Gasteiger partial charge in [0.25, 0.3) is 0 Å². The van der Waals surface area contributed by atoms with E-state index in [2.05, 4.69) is 11.8 Å². The van der Waals surface area contributed by atoms with Crippen LogP contribution in [-0.4, -0.2) is 32.1 Å². The summed E-state index contributed by atoms with van der Waals surface area (Å²) in [6, 6.07) is 1.95. The van der Waals surface area contributed by atoms with E-state index in [-0.39, 0.29) is 0 Å². The maximum Gasteiger partial charge on any atom is 0.160 e. The van der Waals surface area contributed by atoms with Crippen molar-refractivity contribution in [2.45, 2.75) is 25.9 Å². The van der Waals surface area contributed by atoms with E-state index in [0.29, 0.717) is 6.10 Å². The number of carbonyl (C=O) groups is 1. The van der Waals surface area contributed by atoms with Gasteiger partial charge in [-0.25, -0.2) is 0 Å². The Morgan fingerprint density at radius 3 is 3.12 bits per heavy atom. The van der Waals surface area contributed by atoms with Crippen LogP contribution < -0.4 is 4.90 Å². The van der Waals surface area contributed by atoms with Gasteiger partial charge in [0.15, 0.2) is 6.29 Å². The van der Waals surface area contributed by atoms with Gasteiger partial charge in [-0.05, 0) is 25.8 Å². The topological polar surface area (TPSA) is 29.5 Å². The molecule has 0 bridgehead atoms. The summed E-state index contributed by atoms with van der Waals surface area (Å²) in [5.74, 6) is 0. The van der Waals surface area contributed by atoms with Crippen molar-refractivity contribution >= 4 is 23.3 Å². The van der Waals surface area contributed by atoms with Crippen LogP contribution in [0.25, 0.3) is 0 Å². The van der Waals surface area contributed by atoms with Crippen molar-refractivity contribution in [1.29, 1.82) is 0 Å². The van der Waals surface area contributed by atoms with E-state index in [4.69, 9.17) is 4.74 Å². The normalized spacial score (nSPS) is 19.9. The predicted molar refractivity (Wildman–Crippen MR) is 66.6 cm³/mol. The molecular weight excluding hydrogens is 222 g/mol. The number of anilines is 1. The molecule has 0 saturated carbocycles. The molecule has 2 rings (SSSR count). The average Bonchev–Trinajstić information content (AvgIpc) is 2.96. The maximum atomic E-state index is 10.6. The fraction of sp³-hybridized carbons (Fsp3) is 0.583. The van der Waals surface area contributed by atoms with Gasteiger partial charge in [-0.3, -0.25) is 4.79 Å².